The van der Waals surface area contributed by atoms with Gasteiger partial charge in [-0.25, -0.2) is 0 Å². The zero-order chi connectivity index (χ0) is 24.6. The molecule has 1 aromatic carbocycles. The molecule has 0 radical (unpaired) electrons. The molecule has 5 rings (SSSR count). The first-order valence-corrected chi connectivity index (χ1v) is 13.0. The number of amides is 1. The standard InChI is InChI=1S/C27H34F3N3O2/c28-27(29,30)24-12-23(9-8-21(24)13-31)33-14-22-10-11-32(25(34)20-4-2-1-3-5-20)16-26(22,17-33)18-35-15-19-6-7-19/h8-9,12,19-20,22H,1-7,10-11,14-18H2/t22-,26+/m0/s1. The van der Waals surface area contributed by atoms with Gasteiger partial charge in [0.05, 0.1) is 23.8 Å². The molecular formula is C27H34F3N3O2. The summed E-state index contributed by atoms with van der Waals surface area (Å²) in [5, 5.41) is 9.17. The summed E-state index contributed by atoms with van der Waals surface area (Å²) in [6.07, 6.45) is 3.98. The first-order valence-electron chi connectivity index (χ1n) is 13.0. The second-order valence-electron chi connectivity index (χ2n) is 11.1. The van der Waals surface area contributed by atoms with E-state index >= 15 is 0 Å². The molecule has 2 heterocycles. The van der Waals surface area contributed by atoms with Crippen LogP contribution in [0.5, 0.6) is 0 Å². The molecule has 2 aliphatic carbocycles. The van der Waals surface area contributed by atoms with Crippen LogP contribution in [0.3, 0.4) is 0 Å². The van der Waals surface area contributed by atoms with Gasteiger partial charge in [0.15, 0.2) is 0 Å². The molecule has 4 fully saturated rings. The summed E-state index contributed by atoms with van der Waals surface area (Å²) < 4.78 is 47.0. The van der Waals surface area contributed by atoms with Crippen molar-refractivity contribution in [2.24, 2.45) is 23.2 Å². The van der Waals surface area contributed by atoms with E-state index in [0.29, 0.717) is 44.4 Å². The van der Waals surface area contributed by atoms with Gasteiger partial charge < -0.3 is 14.5 Å². The summed E-state index contributed by atoms with van der Waals surface area (Å²) in [6.45, 7) is 3.76. The summed E-state index contributed by atoms with van der Waals surface area (Å²) in [7, 11) is 0. The number of piperidine rings is 1. The normalized spacial score (nSPS) is 27.5. The fourth-order valence-electron chi connectivity index (χ4n) is 6.36. The lowest BCUT2D eigenvalue weighted by molar-refractivity contribution is -0.142. The third kappa shape index (κ3) is 5.16. The summed E-state index contributed by atoms with van der Waals surface area (Å²) >= 11 is 0. The Hall–Kier alpha value is -2.27. The van der Waals surface area contributed by atoms with Crippen LogP contribution in [0.1, 0.15) is 62.5 Å². The predicted molar refractivity (Wildman–Crippen MR) is 126 cm³/mol. The maximum atomic E-state index is 13.6. The van der Waals surface area contributed by atoms with E-state index in [-0.39, 0.29) is 28.7 Å². The second-order valence-corrected chi connectivity index (χ2v) is 11.1. The van der Waals surface area contributed by atoms with Crippen LogP contribution in [0.4, 0.5) is 18.9 Å². The molecule has 1 amide bonds. The molecule has 2 saturated heterocycles. The van der Waals surface area contributed by atoms with Crippen molar-refractivity contribution in [3.05, 3.63) is 29.3 Å². The number of carbonyl (C=O) groups excluding carboxylic acids is 1. The Kier molecular flexibility index (Phi) is 6.73. The molecule has 2 aliphatic heterocycles. The Balaban J connectivity index is 1.37. The highest BCUT2D eigenvalue weighted by molar-refractivity contribution is 5.79. The Bertz CT molecular complexity index is 981. The number of ether oxygens (including phenoxy) is 1. The third-order valence-corrected chi connectivity index (χ3v) is 8.57. The lowest BCUT2D eigenvalue weighted by atomic mass is 9.73. The van der Waals surface area contributed by atoms with Crippen LogP contribution in [-0.4, -0.2) is 50.2 Å². The summed E-state index contributed by atoms with van der Waals surface area (Å²) in [6, 6.07) is 5.67. The van der Waals surface area contributed by atoms with E-state index in [9.17, 15) is 18.0 Å². The SMILES string of the molecule is N#Cc1ccc(N2C[C@@H]3CCN(C(=O)C4CCCCC4)C[C@]3(COCC3CC3)C2)cc1C(F)(F)F. The Morgan fingerprint density at radius 3 is 2.57 bits per heavy atom. The van der Waals surface area contributed by atoms with Gasteiger partial charge in [-0.2, -0.15) is 18.4 Å². The van der Waals surface area contributed by atoms with Crippen LogP contribution < -0.4 is 4.90 Å². The summed E-state index contributed by atoms with van der Waals surface area (Å²) in [5.74, 6) is 1.23. The van der Waals surface area contributed by atoms with Gasteiger partial charge in [-0.05, 0) is 62.1 Å². The van der Waals surface area contributed by atoms with Gasteiger partial charge in [0.1, 0.15) is 0 Å². The van der Waals surface area contributed by atoms with E-state index < -0.39 is 11.7 Å². The van der Waals surface area contributed by atoms with Crippen molar-refractivity contribution < 1.29 is 22.7 Å². The molecule has 5 nitrogen and oxygen atoms in total. The van der Waals surface area contributed by atoms with Crippen molar-refractivity contribution in [2.45, 2.75) is 57.5 Å². The van der Waals surface area contributed by atoms with Crippen LogP contribution in [-0.2, 0) is 15.7 Å². The van der Waals surface area contributed by atoms with Gasteiger partial charge in [0.2, 0.25) is 5.91 Å². The number of anilines is 1. The van der Waals surface area contributed by atoms with E-state index in [1.807, 2.05) is 9.80 Å². The number of carbonyl (C=O) groups is 1. The maximum absolute atomic E-state index is 13.6. The van der Waals surface area contributed by atoms with Gasteiger partial charge in [-0.15, -0.1) is 0 Å². The Labute approximate surface area is 205 Å². The molecule has 2 saturated carbocycles. The van der Waals surface area contributed by atoms with Crippen molar-refractivity contribution in [3.8, 4) is 6.07 Å². The van der Waals surface area contributed by atoms with Crippen LogP contribution >= 0.6 is 0 Å². The van der Waals surface area contributed by atoms with Crippen LogP contribution in [0, 0.1) is 34.5 Å². The Morgan fingerprint density at radius 1 is 1.11 bits per heavy atom. The molecule has 0 spiro atoms. The molecule has 2 atom stereocenters. The first-order chi connectivity index (χ1) is 16.8. The van der Waals surface area contributed by atoms with Gasteiger partial charge in [-0.1, -0.05) is 19.3 Å². The first kappa shape index (κ1) is 24.4. The molecule has 1 aromatic rings. The number of halogens is 3. The fraction of sp³-hybridized carbons (Fsp3) is 0.704. The molecular weight excluding hydrogens is 455 g/mol. The van der Waals surface area contributed by atoms with Crippen molar-refractivity contribution >= 4 is 11.6 Å². The largest absolute Gasteiger partial charge is 0.417 e. The Morgan fingerprint density at radius 2 is 1.89 bits per heavy atom. The number of alkyl halides is 3. The average Bonchev–Trinajstić information content (AvgIpc) is 3.60. The number of hydrogen-bond donors (Lipinski definition) is 0. The number of hydrogen-bond acceptors (Lipinski definition) is 4. The smallest absolute Gasteiger partial charge is 0.380 e. The monoisotopic (exact) mass is 489 g/mol. The van der Waals surface area contributed by atoms with Crippen molar-refractivity contribution in [3.63, 3.8) is 0 Å². The highest BCUT2D eigenvalue weighted by Crippen LogP contribution is 2.46. The number of nitriles is 1. The van der Waals surface area contributed by atoms with E-state index in [1.54, 1.807) is 12.1 Å². The molecule has 190 valence electrons. The zero-order valence-corrected chi connectivity index (χ0v) is 20.2. The van der Waals surface area contributed by atoms with E-state index in [2.05, 4.69) is 0 Å². The number of rotatable bonds is 6. The molecule has 0 unspecified atom stereocenters. The second kappa shape index (κ2) is 9.65. The lowest BCUT2D eigenvalue weighted by Gasteiger charge is -2.45. The fourth-order valence-corrected chi connectivity index (χ4v) is 6.36. The van der Waals surface area contributed by atoms with Crippen molar-refractivity contribution in [1.29, 1.82) is 5.26 Å². The minimum Gasteiger partial charge on any atom is -0.380 e. The van der Waals surface area contributed by atoms with E-state index in [4.69, 9.17) is 10.00 Å². The predicted octanol–water partition coefficient (Wildman–Crippen LogP) is 5.24. The maximum Gasteiger partial charge on any atom is 0.417 e. The molecule has 0 bridgehead atoms. The van der Waals surface area contributed by atoms with Gasteiger partial charge in [0, 0.05) is 49.8 Å². The molecule has 0 N–H and O–H groups in total. The molecule has 0 aromatic heterocycles. The highest BCUT2D eigenvalue weighted by Gasteiger charge is 2.51. The van der Waals surface area contributed by atoms with Crippen LogP contribution in [0.15, 0.2) is 18.2 Å². The topological polar surface area (TPSA) is 56.6 Å². The van der Waals surface area contributed by atoms with Gasteiger partial charge in [0.25, 0.3) is 0 Å². The summed E-state index contributed by atoms with van der Waals surface area (Å²) in [5.41, 5.74) is -1.05. The van der Waals surface area contributed by atoms with Crippen molar-refractivity contribution in [2.75, 3.05) is 44.3 Å². The summed E-state index contributed by atoms with van der Waals surface area (Å²) in [4.78, 5) is 17.4. The molecule has 8 heteroatoms. The number of nitrogens with zero attached hydrogens (tertiary/aromatic N) is 3. The van der Waals surface area contributed by atoms with E-state index in [0.717, 1.165) is 44.8 Å². The third-order valence-electron chi connectivity index (χ3n) is 8.57. The quantitative estimate of drug-likeness (QED) is 0.549. The zero-order valence-electron chi connectivity index (χ0n) is 20.2. The van der Waals surface area contributed by atoms with Gasteiger partial charge >= 0.3 is 6.18 Å². The van der Waals surface area contributed by atoms with Gasteiger partial charge in [-0.3, -0.25) is 4.79 Å². The number of benzene rings is 1. The van der Waals surface area contributed by atoms with E-state index in [1.165, 1.54) is 25.3 Å². The van der Waals surface area contributed by atoms with Crippen molar-refractivity contribution in [1.82, 2.24) is 4.90 Å². The molecule has 4 aliphatic rings. The lowest BCUT2D eigenvalue weighted by Crippen LogP contribution is -2.54. The number of likely N-dealkylation sites (tertiary alicyclic amines) is 1. The highest BCUT2D eigenvalue weighted by atomic mass is 19.4. The molecule has 35 heavy (non-hydrogen) atoms. The van der Waals surface area contributed by atoms with Crippen LogP contribution in [0.2, 0.25) is 0 Å². The minimum atomic E-state index is -4.58. The van der Waals surface area contributed by atoms with Crippen LogP contribution in [0.25, 0.3) is 0 Å². The average molecular weight is 490 g/mol. The minimum absolute atomic E-state index is 0.107. The number of fused-ring (bicyclic) bond motifs is 1.